The highest BCUT2D eigenvalue weighted by atomic mass is 32.1. The van der Waals surface area contributed by atoms with Crippen molar-refractivity contribution in [2.75, 3.05) is 0 Å². The molecular formula is C11H12F3NO3S. The molecule has 1 heterocycles. The Morgan fingerprint density at radius 2 is 2.00 bits per heavy atom. The van der Waals surface area contributed by atoms with Gasteiger partial charge in [0.1, 0.15) is 6.04 Å². The fraction of sp³-hybridized carbons (Fsp3) is 0.455. The lowest BCUT2D eigenvalue weighted by Gasteiger charge is -2.15. The minimum Gasteiger partial charge on any atom is -0.480 e. The summed E-state index contributed by atoms with van der Waals surface area (Å²) in [4.78, 5) is 23.4. The third kappa shape index (κ3) is 4.55. The van der Waals surface area contributed by atoms with Gasteiger partial charge in [0.15, 0.2) is 0 Å². The summed E-state index contributed by atoms with van der Waals surface area (Å²) in [5.74, 6) is -2.52. The van der Waals surface area contributed by atoms with Crippen LogP contribution in [0.2, 0.25) is 0 Å². The van der Waals surface area contributed by atoms with Crippen molar-refractivity contribution in [2.24, 2.45) is 0 Å². The fourth-order valence-electron chi connectivity index (χ4n) is 1.35. The van der Waals surface area contributed by atoms with Crippen LogP contribution in [0.5, 0.6) is 0 Å². The Hall–Kier alpha value is -1.57. The molecule has 8 heteroatoms. The molecule has 0 aliphatic heterocycles. The number of halogens is 3. The Labute approximate surface area is 111 Å². The molecule has 0 spiro atoms. The molecule has 1 unspecified atom stereocenters. The summed E-state index contributed by atoms with van der Waals surface area (Å²) in [5, 5.41) is 10.6. The smallest absolute Gasteiger partial charge is 0.391 e. The summed E-state index contributed by atoms with van der Waals surface area (Å²) >= 11 is 1.11. The summed E-state index contributed by atoms with van der Waals surface area (Å²) in [6, 6.07) is -0.461. The summed E-state index contributed by atoms with van der Waals surface area (Å²) in [5.41, 5.74) is 0.831. The molecule has 0 aliphatic rings. The Kier molecular flexibility index (Phi) is 4.56. The second kappa shape index (κ2) is 5.60. The van der Waals surface area contributed by atoms with E-state index >= 15 is 0 Å². The number of aliphatic carboxylic acids is 1. The highest BCUT2D eigenvalue weighted by Gasteiger charge is 2.36. The van der Waals surface area contributed by atoms with Gasteiger partial charge in [-0.05, 0) is 25.5 Å². The van der Waals surface area contributed by atoms with Gasteiger partial charge in [-0.3, -0.25) is 4.79 Å². The van der Waals surface area contributed by atoms with Crippen molar-refractivity contribution in [1.29, 1.82) is 0 Å². The number of alkyl halides is 3. The molecule has 0 aromatic carbocycles. The van der Waals surface area contributed by atoms with Crippen molar-refractivity contribution in [1.82, 2.24) is 5.32 Å². The van der Waals surface area contributed by atoms with Gasteiger partial charge in [-0.25, -0.2) is 4.79 Å². The van der Waals surface area contributed by atoms with Crippen molar-refractivity contribution < 1.29 is 27.9 Å². The van der Waals surface area contributed by atoms with Crippen LogP contribution in [0.1, 0.15) is 26.5 Å². The van der Waals surface area contributed by atoms with Crippen molar-refractivity contribution in [2.45, 2.75) is 32.5 Å². The number of hydrogen-bond donors (Lipinski definition) is 2. The zero-order chi connectivity index (χ0) is 14.8. The highest BCUT2D eigenvalue weighted by Crippen LogP contribution is 2.23. The topological polar surface area (TPSA) is 66.4 Å². The van der Waals surface area contributed by atoms with E-state index in [0.717, 1.165) is 21.8 Å². The van der Waals surface area contributed by atoms with Gasteiger partial charge in [0, 0.05) is 4.88 Å². The van der Waals surface area contributed by atoms with Crippen LogP contribution in [-0.2, 0) is 4.79 Å². The predicted octanol–water partition coefficient (Wildman–Crippen LogP) is 2.50. The van der Waals surface area contributed by atoms with Crippen LogP contribution >= 0.6 is 11.3 Å². The number of amides is 1. The molecule has 1 atom stereocenters. The second-order valence-corrected chi connectivity index (χ2v) is 5.29. The highest BCUT2D eigenvalue weighted by molar-refractivity contribution is 7.14. The average Bonchev–Trinajstić information content (AvgIpc) is 2.56. The molecule has 0 saturated heterocycles. The van der Waals surface area contributed by atoms with Gasteiger partial charge in [-0.2, -0.15) is 13.2 Å². The lowest BCUT2D eigenvalue weighted by atomic mass is 10.2. The quantitative estimate of drug-likeness (QED) is 0.897. The van der Waals surface area contributed by atoms with E-state index in [4.69, 9.17) is 5.11 Å². The Balaban J connectivity index is 2.80. The normalized spacial score (nSPS) is 13.1. The maximum atomic E-state index is 12.2. The molecule has 1 aromatic heterocycles. The van der Waals surface area contributed by atoms with Gasteiger partial charge >= 0.3 is 12.1 Å². The first-order chi connectivity index (χ1) is 8.60. The molecule has 4 nitrogen and oxygen atoms in total. The molecule has 0 aliphatic carbocycles. The first-order valence-electron chi connectivity index (χ1n) is 5.27. The number of carboxylic acid groups (broad SMARTS) is 1. The number of carbonyl (C=O) groups is 2. The van der Waals surface area contributed by atoms with E-state index in [9.17, 15) is 22.8 Å². The number of nitrogens with one attached hydrogen (secondary N) is 1. The van der Waals surface area contributed by atoms with E-state index in [1.807, 2.05) is 5.32 Å². The molecule has 0 saturated carbocycles. The SMILES string of the molecule is Cc1cc(C(=O)NC(CC(F)(F)F)C(=O)O)sc1C. The van der Waals surface area contributed by atoms with Crippen LogP contribution in [0.15, 0.2) is 6.07 Å². The zero-order valence-corrected chi connectivity index (χ0v) is 11.0. The number of thiophene rings is 1. The molecule has 2 N–H and O–H groups in total. The molecule has 0 bridgehead atoms. The molecule has 0 radical (unpaired) electrons. The number of carbonyl (C=O) groups excluding carboxylic acids is 1. The van der Waals surface area contributed by atoms with Gasteiger partial charge < -0.3 is 10.4 Å². The summed E-state index contributed by atoms with van der Waals surface area (Å²) in [6.45, 7) is 3.52. The van der Waals surface area contributed by atoms with Crippen molar-refractivity contribution in [3.8, 4) is 0 Å². The third-order valence-corrected chi connectivity index (χ3v) is 3.58. The largest absolute Gasteiger partial charge is 0.480 e. The average molecular weight is 295 g/mol. The van der Waals surface area contributed by atoms with Crippen LogP contribution in [0.25, 0.3) is 0 Å². The molecule has 1 amide bonds. The van der Waals surface area contributed by atoms with E-state index < -0.39 is 30.5 Å². The molecule has 0 fully saturated rings. The van der Waals surface area contributed by atoms with Crippen LogP contribution < -0.4 is 5.32 Å². The standard InChI is InChI=1S/C11H12F3NO3S/c1-5-3-8(19-6(5)2)9(16)15-7(10(17)18)4-11(12,13)14/h3,7H,4H2,1-2H3,(H,15,16)(H,17,18). The van der Waals surface area contributed by atoms with E-state index in [1.54, 1.807) is 13.8 Å². The molecular weight excluding hydrogens is 283 g/mol. The van der Waals surface area contributed by atoms with Gasteiger partial charge in [0.25, 0.3) is 5.91 Å². The second-order valence-electron chi connectivity index (χ2n) is 4.03. The zero-order valence-electron chi connectivity index (χ0n) is 10.2. The predicted molar refractivity (Wildman–Crippen MR) is 63.4 cm³/mol. The van der Waals surface area contributed by atoms with Crippen LogP contribution in [0.4, 0.5) is 13.2 Å². The number of aryl methyl sites for hydroxylation is 2. The lowest BCUT2D eigenvalue weighted by molar-refractivity contribution is -0.157. The maximum absolute atomic E-state index is 12.2. The minimum absolute atomic E-state index is 0.198. The van der Waals surface area contributed by atoms with E-state index in [1.165, 1.54) is 6.07 Å². The number of hydrogen-bond acceptors (Lipinski definition) is 3. The number of carboxylic acids is 1. The summed E-state index contributed by atoms with van der Waals surface area (Å²) < 4.78 is 36.5. The molecule has 1 rings (SSSR count). The van der Waals surface area contributed by atoms with Gasteiger partial charge in [0.2, 0.25) is 0 Å². The Morgan fingerprint density at radius 1 is 1.42 bits per heavy atom. The first-order valence-corrected chi connectivity index (χ1v) is 6.09. The van der Waals surface area contributed by atoms with Gasteiger partial charge in [-0.1, -0.05) is 0 Å². The summed E-state index contributed by atoms with van der Waals surface area (Å²) in [6.07, 6.45) is -6.25. The van der Waals surface area contributed by atoms with Crippen molar-refractivity contribution in [3.05, 3.63) is 21.4 Å². The maximum Gasteiger partial charge on any atom is 0.391 e. The monoisotopic (exact) mass is 295 g/mol. The fourth-order valence-corrected chi connectivity index (χ4v) is 2.28. The Morgan fingerprint density at radius 3 is 2.37 bits per heavy atom. The Bertz CT molecular complexity index is 476. The van der Waals surface area contributed by atoms with Crippen LogP contribution in [-0.4, -0.2) is 29.2 Å². The minimum atomic E-state index is -4.66. The molecule has 1 aromatic rings. The van der Waals surface area contributed by atoms with Crippen LogP contribution in [0.3, 0.4) is 0 Å². The molecule has 106 valence electrons. The lowest BCUT2D eigenvalue weighted by Crippen LogP contribution is -2.43. The van der Waals surface area contributed by atoms with E-state index in [-0.39, 0.29) is 4.88 Å². The molecule has 19 heavy (non-hydrogen) atoms. The van der Waals surface area contributed by atoms with Crippen molar-refractivity contribution in [3.63, 3.8) is 0 Å². The van der Waals surface area contributed by atoms with Gasteiger partial charge in [-0.15, -0.1) is 11.3 Å². The van der Waals surface area contributed by atoms with Crippen LogP contribution in [0, 0.1) is 13.8 Å². The third-order valence-electron chi connectivity index (χ3n) is 2.43. The van der Waals surface area contributed by atoms with E-state index in [0.29, 0.717) is 0 Å². The van der Waals surface area contributed by atoms with Gasteiger partial charge in [0.05, 0.1) is 11.3 Å². The van der Waals surface area contributed by atoms with E-state index in [2.05, 4.69) is 0 Å². The van der Waals surface area contributed by atoms with Crippen molar-refractivity contribution >= 4 is 23.2 Å². The number of rotatable bonds is 4. The first kappa shape index (κ1) is 15.5. The summed E-state index contributed by atoms with van der Waals surface area (Å²) in [7, 11) is 0.